The van der Waals surface area contributed by atoms with E-state index in [1.165, 1.54) is 25.0 Å². The number of benzene rings is 1. The lowest BCUT2D eigenvalue weighted by Gasteiger charge is -2.29. The molecule has 4 N–H and O–H groups in total. The Morgan fingerprint density at radius 2 is 1.54 bits per heavy atom. The molecular formula is C37H53NO10. The lowest BCUT2D eigenvalue weighted by atomic mass is 9.82. The number of hydrogen-bond donors (Lipinski definition) is 4. The van der Waals surface area contributed by atoms with E-state index >= 15 is 0 Å². The van der Waals surface area contributed by atoms with Gasteiger partial charge in [-0.05, 0) is 57.2 Å². The summed E-state index contributed by atoms with van der Waals surface area (Å²) in [6.07, 6.45) is 11.6. The summed E-state index contributed by atoms with van der Waals surface area (Å²) in [6.45, 7) is 5.66. The highest BCUT2D eigenvalue weighted by Crippen LogP contribution is 2.26. The van der Waals surface area contributed by atoms with Gasteiger partial charge in [-0.1, -0.05) is 75.7 Å². The Bertz CT molecular complexity index is 1250. The number of carbonyl (C=O) groups excluding carboxylic acids is 3. The van der Waals surface area contributed by atoms with Gasteiger partial charge in [0, 0.05) is 19.3 Å². The molecule has 0 heterocycles. The molecule has 0 unspecified atom stereocenters. The van der Waals surface area contributed by atoms with Crippen LogP contribution in [-0.2, 0) is 35.1 Å². The van der Waals surface area contributed by atoms with Gasteiger partial charge in [0.1, 0.15) is 24.2 Å². The number of rotatable bonds is 26. The van der Waals surface area contributed by atoms with Gasteiger partial charge in [0.15, 0.2) is 5.60 Å². The van der Waals surface area contributed by atoms with Gasteiger partial charge in [-0.25, -0.2) is 9.59 Å². The molecule has 266 valence electrons. The molecule has 1 aromatic carbocycles. The zero-order valence-corrected chi connectivity index (χ0v) is 28.6. The first-order valence-corrected chi connectivity index (χ1v) is 16.9. The van der Waals surface area contributed by atoms with Crippen molar-refractivity contribution in [1.29, 1.82) is 0 Å². The molecule has 48 heavy (non-hydrogen) atoms. The lowest BCUT2D eigenvalue weighted by molar-refractivity contribution is -0.172. The number of esters is 1. The number of ketones is 1. The van der Waals surface area contributed by atoms with Crippen molar-refractivity contribution >= 4 is 29.6 Å². The van der Waals surface area contributed by atoms with Crippen molar-refractivity contribution < 1.29 is 48.8 Å². The molecule has 0 spiro atoms. The van der Waals surface area contributed by atoms with Crippen molar-refractivity contribution in [3.63, 3.8) is 0 Å². The van der Waals surface area contributed by atoms with Crippen LogP contribution in [-0.4, -0.2) is 69.8 Å². The fourth-order valence-electron chi connectivity index (χ4n) is 5.08. The van der Waals surface area contributed by atoms with Gasteiger partial charge < -0.3 is 30.1 Å². The fourth-order valence-corrected chi connectivity index (χ4v) is 5.08. The van der Waals surface area contributed by atoms with E-state index in [1.54, 1.807) is 38.1 Å². The van der Waals surface area contributed by atoms with E-state index in [0.717, 1.165) is 38.5 Å². The Morgan fingerprint density at radius 3 is 2.10 bits per heavy atom. The minimum absolute atomic E-state index is 0.0189. The number of allylic oxidation sites excluding steroid dienone is 1. The van der Waals surface area contributed by atoms with E-state index < -0.39 is 47.8 Å². The summed E-state index contributed by atoms with van der Waals surface area (Å²) in [5.41, 5.74) is -2.36. The minimum Gasteiger partial charge on any atom is -0.481 e. The number of ether oxygens (including phenoxy) is 2. The molecule has 1 amide bonds. The molecule has 11 nitrogen and oxygen atoms in total. The highest BCUT2D eigenvalue weighted by Gasteiger charge is 2.49. The quantitative estimate of drug-likeness (QED) is 0.0431. The monoisotopic (exact) mass is 671 g/mol. The van der Waals surface area contributed by atoms with Crippen LogP contribution in [0.1, 0.15) is 110 Å². The third kappa shape index (κ3) is 16.6. The standard InChI is InChI=1S/C37H53NO10/c1-4-7-9-12-15-18-29(39)19-16-13-10-11-14-17-20-31(37(46,36(44)45)27-33(40)41)34(42)38-32(35(43)47-6-3)26-28-21-23-30(24-22-28)48-25-8-5-2/h17,20-24,31-32,46H,4,6-7,9-16,18-19,25-27H2,1-3H3,(H,38,42)(H,40,41)(H,44,45)/t31-,32+,37+/m1/s1. The highest BCUT2D eigenvalue weighted by atomic mass is 16.5. The maximum Gasteiger partial charge on any atom is 0.337 e. The number of Topliss-reactive ketones (excluding diaryl/α,β-unsaturated/α-hetero) is 1. The van der Waals surface area contributed by atoms with Crippen molar-refractivity contribution in [2.45, 2.75) is 122 Å². The normalized spacial score (nSPS) is 13.4. The zero-order valence-electron chi connectivity index (χ0n) is 28.6. The first-order valence-electron chi connectivity index (χ1n) is 16.9. The van der Waals surface area contributed by atoms with Crippen LogP contribution in [0.25, 0.3) is 0 Å². The van der Waals surface area contributed by atoms with Gasteiger partial charge in [-0.2, -0.15) is 0 Å². The number of aliphatic carboxylic acids is 2. The Morgan fingerprint density at radius 1 is 0.917 bits per heavy atom. The predicted octanol–water partition coefficient (Wildman–Crippen LogP) is 5.41. The maximum atomic E-state index is 13.5. The summed E-state index contributed by atoms with van der Waals surface area (Å²) in [7, 11) is 0. The van der Waals surface area contributed by atoms with Gasteiger partial charge in [0.2, 0.25) is 5.91 Å². The average Bonchev–Trinajstić information content (AvgIpc) is 3.04. The van der Waals surface area contributed by atoms with Crippen molar-refractivity contribution in [3.05, 3.63) is 42.0 Å². The fraction of sp³-hybridized carbons (Fsp3) is 0.595. The summed E-state index contributed by atoms with van der Waals surface area (Å²) < 4.78 is 10.6. The largest absolute Gasteiger partial charge is 0.481 e. The Labute approximate surface area is 284 Å². The summed E-state index contributed by atoms with van der Waals surface area (Å²) in [5, 5.41) is 32.7. The second-order valence-corrected chi connectivity index (χ2v) is 11.7. The number of carboxylic acids is 2. The van der Waals surface area contributed by atoms with Crippen LogP contribution in [0.5, 0.6) is 5.75 Å². The molecule has 11 heteroatoms. The lowest BCUT2D eigenvalue weighted by Crippen LogP contribution is -2.55. The smallest absolute Gasteiger partial charge is 0.337 e. The predicted molar refractivity (Wildman–Crippen MR) is 181 cm³/mol. The Kier molecular flexibility index (Phi) is 21.0. The number of carbonyl (C=O) groups is 5. The van der Waals surface area contributed by atoms with Crippen LogP contribution < -0.4 is 10.1 Å². The molecule has 0 aliphatic carbocycles. The van der Waals surface area contributed by atoms with Gasteiger partial charge >= 0.3 is 17.9 Å². The Balaban J connectivity index is 2.93. The minimum atomic E-state index is -2.98. The van der Waals surface area contributed by atoms with E-state index in [1.807, 2.05) is 0 Å². The van der Waals surface area contributed by atoms with Crippen LogP contribution in [0.15, 0.2) is 36.4 Å². The van der Waals surface area contributed by atoms with E-state index in [4.69, 9.17) is 9.47 Å². The molecule has 0 saturated carbocycles. The molecule has 0 saturated heterocycles. The molecule has 0 aliphatic rings. The van der Waals surface area contributed by atoms with E-state index in [9.17, 15) is 39.3 Å². The third-order valence-electron chi connectivity index (χ3n) is 7.79. The molecule has 0 aromatic heterocycles. The number of carboxylic acid groups (broad SMARTS) is 2. The molecular weight excluding hydrogens is 618 g/mol. The van der Waals surface area contributed by atoms with Crippen LogP contribution in [0.3, 0.4) is 0 Å². The van der Waals surface area contributed by atoms with Gasteiger partial charge in [0.25, 0.3) is 0 Å². The number of nitrogens with one attached hydrogen (secondary N) is 1. The van der Waals surface area contributed by atoms with E-state index in [-0.39, 0.29) is 25.4 Å². The highest BCUT2D eigenvalue weighted by molar-refractivity contribution is 5.94. The van der Waals surface area contributed by atoms with E-state index in [0.29, 0.717) is 37.0 Å². The summed E-state index contributed by atoms with van der Waals surface area (Å²) >= 11 is 0. The number of hydrogen-bond acceptors (Lipinski definition) is 8. The Hall–Kier alpha value is -4.17. The molecule has 0 fully saturated rings. The average molecular weight is 672 g/mol. The molecule has 0 radical (unpaired) electrons. The summed E-state index contributed by atoms with van der Waals surface area (Å²) in [4.78, 5) is 62.2. The van der Waals surface area contributed by atoms with Crippen molar-refractivity contribution in [1.82, 2.24) is 5.32 Å². The van der Waals surface area contributed by atoms with E-state index in [2.05, 4.69) is 24.1 Å². The summed E-state index contributed by atoms with van der Waals surface area (Å²) in [5.74, 6) is -0.819. The molecule has 3 atom stereocenters. The first-order chi connectivity index (χ1) is 23.0. The van der Waals surface area contributed by atoms with Gasteiger partial charge in [0.05, 0.1) is 18.9 Å². The van der Waals surface area contributed by atoms with Crippen LogP contribution in [0.4, 0.5) is 0 Å². The summed E-state index contributed by atoms with van der Waals surface area (Å²) in [6, 6.07) is 5.46. The molecule has 1 aromatic rings. The topological polar surface area (TPSA) is 177 Å². The number of unbranched alkanes of at least 4 members (excludes halogenated alkanes) is 8. The SMILES string of the molecule is CC#CCOc1ccc(C[C@H](NC(=O)[C@@H](C=CCCCCCCC(=O)CCCCCCC)[C@@](O)(CC(=O)O)C(=O)O)C(=O)OCC)cc1. The number of aliphatic hydroxyl groups is 1. The molecule has 0 bridgehead atoms. The molecule has 1 rings (SSSR count). The van der Waals surface area contributed by atoms with Gasteiger partial charge in [-0.3, -0.25) is 14.4 Å². The first kappa shape index (κ1) is 41.9. The van der Waals surface area contributed by atoms with Crippen LogP contribution in [0.2, 0.25) is 0 Å². The second kappa shape index (κ2) is 24.0. The van der Waals surface area contributed by atoms with Crippen LogP contribution in [0, 0.1) is 17.8 Å². The maximum absolute atomic E-state index is 13.5. The molecule has 0 aliphatic heterocycles. The number of amides is 1. The van der Waals surface area contributed by atoms with Crippen molar-refractivity contribution in [3.8, 4) is 17.6 Å². The second-order valence-electron chi connectivity index (χ2n) is 11.7. The third-order valence-corrected chi connectivity index (χ3v) is 7.79. The van der Waals surface area contributed by atoms with Crippen molar-refractivity contribution in [2.24, 2.45) is 5.92 Å². The van der Waals surface area contributed by atoms with Crippen LogP contribution >= 0.6 is 0 Å². The van der Waals surface area contributed by atoms with Gasteiger partial charge in [-0.15, -0.1) is 5.92 Å². The van der Waals surface area contributed by atoms with Crippen molar-refractivity contribution in [2.75, 3.05) is 13.2 Å². The zero-order chi connectivity index (χ0) is 35.8.